The van der Waals surface area contributed by atoms with Crippen molar-refractivity contribution in [2.45, 2.75) is 38.5 Å². The van der Waals surface area contributed by atoms with Crippen LogP contribution in [0.2, 0.25) is 0 Å². The second-order valence-corrected chi connectivity index (χ2v) is 8.03. The highest BCUT2D eigenvalue weighted by atomic mass is 16.1. The van der Waals surface area contributed by atoms with Crippen LogP contribution < -0.4 is 11.0 Å². The van der Waals surface area contributed by atoms with Crippen molar-refractivity contribution >= 4 is 16.7 Å². The van der Waals surface area contributed by atoms with Gasteiger partial charge in [-0.3, -0.25) is 4.57 Å². The number of benzene rings is 2. The molecule has 2 aromatic carbocycles. The zero-order chi connectivity index (χ0) is 19.3. The van der Waals surface area contributed by atoms with Crippen LogP contribution in [0.3, 0.4) is 0 Å². The number of para-hydroxylation sites is 1. The lowest BCUT2D eigenvalue weighted by molar-refractivity contribution is 0.873. The quantitative estimate of drug-likeness (QED) is 0.728. The number of fused-ring (bicyclic) bond motifs is 1. The minimum atomic E-state index is -0.286. The van der Waals surface area contributed by atoms with Gasteiger partial charge in [0.25, 0.3) is 0 Å². The van der Waals surface area contributed by atoms with Crippen molar-refractivity contribution in [2.24, 2.45) is 5.92 Å². The van der Waals surface area contributed by atoms with Crippen molar-refractivity contribution in [3.8, 4) is 11.8 Å². The molecule has 5 nitrogen and oxygen atoms in total. The Morgan fingerprint density at radius 2 is 2.00 bits per heavy atom. The average molecular weight is 370 g/mol. The molecule has 0 unspecified atom stereocenters. The van der Waals surface area contributed by atoms with Gasteiger partial charge in [-0.25, -0.2) is 4.79 Å². The molecule has 5 rings (SSSR count). The van der Waals surface area contributed by atoms with Crippen LogP contribution in [0.15, 0.2) is 41.2 Å². The zero-order valence-electron chi connectivity index (χ0n) is 15.9. The average Bonchev–Trinajstić information content (AvgIpc) is 3.60. The summed E-state index contributed by atoms with van der Waals surface area (Å²) in [6.07, 6.45) is 4.65. The molecule has 0 saturated heterocycles. The van der Waals surface area contributed by atoms with Crippen molar-refractivity contribution < 1.29 is 0 Å². The minimum absolute atomic E-state index is 0.286. The van der Waals surface area contributed by atoms with E-state index in [0.717, 1.165) is 47.1 Å². The van der Waals surface area contributed by atoms with Gasteiger partial charge < -0.3 is 5.32 Å². The standard InChI is InChI=1S/C23H22N4O/c1-14-4-2-3-5-20(14)27-21-11-18(16-8-9-16)17(12-24)10-19(21)22(26-23(27)28)25-13-15-6-7-15/h2-5,10-11,15-16H,6-9,13H2,1H3,(H,25,26,28). The van der Waals surface area contributed by atoms with Crippen molar-refractivity contribution in [1.82, 2.24) is 9.55 Å². The van der Waals surface area contributed by atoms with E-state index in [1.807, 2.05) is 43.3 Å². The summed E-state index contributed by atoms with van der Waals surface area (Å²) in [5.41, 5.74) is 4.14. The molecule has 2 fully saturated rings. The van der Waals surface area contributed by atoms with Crippen LogP contribution in [-0.4, -0.2) is 16.1 Å². The highest BCUT2D eigenvalue weighted by Crippen LogP contribution is 2.43. The summed E-state index contributed by atoms with van der Waals surface area (Å²) >= 11 is 0. The van der Waals surface area contributed by atoms with Crippen molar-refractivity contribution in [3.05, 3.63) is 63.6 Å². The molecule has 28 heavy (non-hydrogen) atoms. The molecule has 0 amide bonds. The van der Waals surface area contributed by atoms with Crippen LogP contribution in [0.4, 0.5) is 5.82 Å². The van der Waals surface area contributed by atoms with Crippen LogP contribution in [0.5, 0.6) is 0 Å². The number of aryl methyl sites for hydroxylation is 1. The van der Waals surface area contributed by atoms with Crippen LogP contribution >= 0.6 is 0 Å². The van der Waals surface area contributed by atoms with E-state index >= 15 is 0 Å². The normalized spacial score (nSPS) is 16.1. The molecule has 1 N–H and O–H groups in total. The Morgan fingerprint density at radius 3 is 2.68 bits per heavy atom. The van der Waals surface area contributed by atoms with E-state index < -0.39 is 0 Å². The molecular formula is C23H22N4O. The number of nitrogens with zero attached hydrogens (tertiary/aromatic N) is 3. The molecule has 2 saturated carbocycles. The van der Waals surface area contributed by atoms with Gasteiger partial charge in [0.1, 0.15) is 5.82 Å². The fraction of sp³-hybridized carbons (Fsp3) is 0.348. The summed E-state index contributed by atoms with van der Waals surface area (Å²) in [6, 6.07) is 14.2. The first-order chi connectivity index (χ1) is 13.7. The Morgan fingerprint density at radius 1 is 1.21 bits per heavy atom. The first kappa shape index (κ1) is 17.0. The Bertz CT molecular complexity index is 1180. The fourth-order valence-corrected chi connectivity index (χ4v) is 3.86. The maximum absolute atomic E-state index is 13.1. The highest BCUT2D eigenvalue weighted by Gasteiger charge is 2.28. The van der Waals surface area contributed by atoms with Crippen LogP contribution in [-0.2, 0) is 0 Å². The third kappa shape index (κ3) is 2.95. The molecule has 1 heterocycles. The molecule has 0 bridgehead atoms. The second-order valence-electron chi connectivity index (χ2n) is 8.03. The zero-order valence-corrected chi connectivity index (χ0v) is 15.9. The van der Waals surface area contributed by atoms with E-state index in [9.17, 15) is 10.1 Å². The number of hydrogen-bond acceptors (Lipinski definition) is 4. The lowest BCUT2D eigenvalue weighted by Gasteiger charge is -2.17. The number of nitriles is 1. The Labute approximate surface area is 163 Å². The molecule has 0 aliphatic heterocycles. The van der Waals surface area contributed by atoms with E-state index in [0.29, 0.717) is 23.2 Å². The van der Waals surface area contributed by atoms with Crippen molar-refractivity contribution in [2.75, 3.05) is 11.9 Å². The third-order valence-electron chi connectivity index (χ3n) is 5.81. The fourth-order valence-electron chi connectivity index (χ4n) is 3.86. The first-order valence-corrected chi connectivity index (χ1v) is 9.96. The molecule has 3 aromatic rings. The van der Waals surface area contributed by atoms with E-state index in [-0.39, 0.29) is 5.69 Å². The van der Waals surface area contributed by atoms with Gasteiger partial charge in [0.2, 0.25) is 0 Å². The number of hydrogen-bond donors (Lipinski definition) is 1. The smallest absolute Gasteiger partial charge is 0.354 e. The number of anilines is 1. The lowest BCUT2D eigenvalue weighted by Crippen LogP contribution is -2.24. The summed E-state index contributed by atoms with van der Waals surface area (Å²) in [4.78, 5) is 17.4. The van der Waals surface area contributed by atoms with Gasteiger partial charge in [-0.2, -0.15) is 10.2 Å². The number of rotatable bonds is 5. The topological polar surface area (TPSA) is 70.7 Å². The molecule has 2 aliphatic rings. The summed E-state index contributed by atoms with van der Waals surface area (Å²) in [7, 11) is 0. The molecule has 2 aliphatic carbocycles. The Balaban J connectivity index is 1.79. The van der Waals surface area contributed by atoms with Crippen molar-refractivity contribution in [3.63, 3.8) is 0 Å². The molecular weight excluding hydrogens is 348 g/mol. The summed E-state index contributed by atoms with van der Waals surface area (Å²) < 4.78 is 1.69. The van der Waals surface area contributed by atoms with Gasteiger partial charge in [-0.1, -0.05) is 18.2 Å². The van der Waals surface area contributed by atoms with Gasteiger partial charge >= 0.3 is 5.69 Å². The van der Waals surface area contributed by atoms with E-state index in [1.54, 1.807) is 4.57 Å². The Kier molecular flexibility index (Phi) is 3.94. The lowest BCUT2D eigenvalue weighted by atomic mass is 10.0. The van der Waals surface area contributed by atoms with Crippen LogP contribution in [0.25, 0.3) is 16.6 Å². The van der Waals surface area contributed by atoms with E-state index in [1.165, 1.54) is 12.8 Å². The van der Waals surface area contributed by atoms with Gasteiger partial charge in [0.05, 0.1) is 22.8 Å². The highest BCUT2D eigenvalue weighted by molar-refractivity contribution is 5.92. The molecule has 0 radical (unpaired) electrons. The van der Waals surface area contributed by atoms with Crippen LogP contribution in [0.1, 0.15) is 48.3 Å². The molecule has 5 heteroatoms. The number of aromatic nitrogens is 2. The first-order valence-electron chi connectivity index (χ1n) is 9.96. The molecule has 0 atom stereocenters. The molecule has 140 valence electrons. The summed E-state index contributed by atoms with van der Waals surface area (Å²) in [6.45, 7) is 2.82. The van der Waals surface area contributed by atoms with Crippen molar-refractivity contribution in [1.29, 1.82) is 5.26 Å². The molecule has 1 aromatic heterocycles. The van der Waals surface area contributed by atoms with Gasteiger partial charge in [-0.05, 0) is 73.8 Å². The van der Waals surface area contributed by atoms with Crippen LogP contribution in [0, 0.1) is 24.2 Å². The second kappa shape index (κ2) is 6.49. The van der Waals surface area contributed by atoms with E-state index in [4.69, 9.17) is 0 Å². The van der Waals surface area contributed by atoms with Gasteiger partial charge in [0.15, 0.2) is 0 Å². The Hall–Kier alpha value is -3.13. The maximum atomic E-state index is 13.1. The largest absolute Gasteiger partial charge is 0.369 e. The summed E-state index contributed by atoms with van der Waals surface area (Å²) in [5.74, 6) is 1.68. The third-order valence-corrected chi connectivity index (χ3v) is 5.81. The predicted molar refractivity (Wildman–Crippen MR) is 110 cm³/mol. The minimum Gasteiger partial charge on any atom is -0.369 e. The number of nitrogens with one attached hydrogen (secondary N) is 1. The monoisotopic (exact) mass is 370 g/mol. The summed E-state index contributed by atoms with van der Waals surface area (Å²) in [5, 5.41) is 13.9. The van der Waals surface area contributed by atoms with Gasteiger partial charge in [0, 0.05) is 11.9 Å². The predicted octanol–water partition coefficient (Wildman–Crippen LogP) is 4.27. The van der Waals surface area contributed by atoms with Gasteiger partial charge in [-0.15, -0.1) is 0 Å². The van der Waals surface area contributed by atoms with E-state index in [2.05, 4.69) is 16.4 Å². The molecule has 0 spiro atoms. The SMILES string of the molecule is Cc1ccccc1-n1c(=O)nc(NCC2CC2)c2cc(C#N)c(C3CC3)cc21. The maximum Gasteiger partial charge on any atom is 0.354 e.